The van der Waals surface area contributed by atoms with Gasteiger partial charge in [0.05, 0.1) is 6.04 Å². The second-order valence-corrected chi connectivity index (χ2v) is 6.44. The van der Waals surface area contributed by atoms with Gasteiger partial charge in [-0.2, -0.15) is 0 Å². The lowest BCUT2D eigenvalue weighted by Gasteiger charge is -2.33. The highest BCUT2D eigenvalue weighted by Crippen LogP contribution is 2.39. The van der Waals surface area contributed by atoms with Crippen molar-refractivity contribution in [3.05, 3.63) is 35.9 Å². The zero-order valence-corrected chi connectivity index (χ0v) is 12.8. The minimum Gasteiger partial charge on any atom is -0.480 e. The third-order valence-electron chi connectivity index (χ3n) is 5.06. The van der Waals surface area contributed by atoms with Crippen LogP contribution in [0.4, 0.5) is 0 Å². The molecule has 0 bridgehead atoms. The molecule has 1 aliphatic carbocycles. The molecule has 1 aromatic rings. The predicted molar refractivity (Wildman–Crippen MR) is 83.3 cm³/mol. The van der Waals surface area contributed by atoms with E-state index in [0.717, 1.165) is 37.7 Å². The van der Waals surface area contributed by atoms with Crippen LogP contribution < -0.4 is 0 Å². The van der Waals surface area contributed by atoms with Crippen LogP contribution in [0.3, 0.4) is 0 Å². The average Bonchev–Trinajstić information content (AvgIpc) is 3.01. The van der Waals surface area contributed by atoms with Crippen LogP contribution in [0.15, 0.2) is 30.3 Å². The first-order chi connectivity index (χ1) is 10.7. The number of carboxylic acid groups (broad SMARTS) is 1. The Balaban J connectivity index is 1.86. The van der Waals surface area contributed by atoms with Gasteiger partial charge in [0.15, 0.2) is 0 Å². The van der Waals surface area contributed by atoms with Gasteiger partial charge in [-0.3, -0.25) is 4.79 Å². The van der Waals surface area contributed by atoms with Crippen LogP contribution in [0, 0.1) is 5.92 Å². The monoisotopic (exact) mass is 301 g/mol. The highest BCUT2D eigenvalue weighted by atomic mass is 16.4. The highest BCUT2D eigenvalue weighted by molar-refractivity contribution is 5.86. The fraction of sp³-hybridized carbons (Fsp3) is 0.556. The minimum atomic E-state index is -0.873. The van der Waals surface area contributed by atoms with Crippen LogP contribution in [0.1, 0.15) is 56.6 Å². The molecular formula is C18H23NO3. The Hall–Kier alpha value is -1.84. The summed E-state index contributed by atoms with van der Waals surface area (Å²) in [6, 6.07) is 9.09. The van der Waals surface area contributed by atoms with Gasteiger partial charge in [0, 0.05) is 5.92 Å². The smallest absolute Gasteiger partial charge is 0.326 e. The van der Waals surface area contributed by atoms with Crippen LogP contribution in [0.25, 0.3) is 0 Å². The van der Waals surface area contributed by atoms with Crippen LogP contribution in [0.5, 0.6) is 0 Å². The van der Waals surface area contributed by atoms with Crippen LogP contribution in [-0.2, 0) is 9.59 Å². The van der Waals surface area contributed by atoms with Crippen LogP contribution in [0.2, 0.25) is 0 Å². The second-order valence-electron chi connectivity index (χ2n) is 6.44. The molecule has 1 saturated carbocycles. The standard InChI is InChI=1S/C18H23NO3/c20-17(14-9-5-2-6-10-14)19-15(11-12-16(19)18(21)22)13-7-3-1-4-8-13/h1,3-4,7-8,14-16H,2,5-6,9-12H2,(H,21,22). The van der Waals surface area contributed by atoms with Gasteiger partial charge in [-0.05, 0) is 31.2 Å². The number of hydrogen-bond acceptors (Lipinski definition) is 2. The summed E-state index contributed by atoms with van der Waals surface area (Å²) in [5, 5.41) is 9.50. The lowest BCUT2D eigenvalue weighted by molar-refractivity contribution is -0.152. The summed E-state index contributed by atoms with van der Waals surface area (Å²) in [5.41, 5.74) is 1.05. The van der Waals surface area contributed by atoms with Gasteiger partial charge < -0.3 is 10.0 Å². The van der Waals surface area contributed by atoms with Crippen LogP contribution >= 0.6 is 0 Å². The first-order valence-corrected chi connectivity index (χ1v) is 8.28. The molecule has 0 radical (unpaired) electrons. The molecular weight excluding hydrogens is 278 g/mol. The molecule has 1 aromatic carbocycles. The molecule has 1 saturated heterocycles. The van der Waals surface area contributed by atoms with Crippen molar-refractivity contribution in [1.29, 1.82) is 0 Å². The zero-order valence-electron chi connectivity index (χ0n) is 12.8. The van der Waals surface area contributed by atoms with E-state index in [0.29, 0.717) is 6.42 Å². The van der Waals surface area contributed by atoms with Gasteiger partial charge >= 0.3 is 5.97 Å². The molecule has 2 fully saturated rings. The second kappa shape index (κ2) is 6.51. The molecule has 1 amide bonds. The molecule has 1 N–H and O–H groups in total. The Bertz CT molecular complexity index is 537. The lowest BCUT2D eigenvalue weighted by atomic mass is 9.87. The van der Waals surface area contributed by atoms with Crippen molar-refractivity contribution in [2.24, 2.45) is 5.92 Å². The Labute approximate surface area is 131 Å². The van der Waals surface area contributed by atoms with E-state index in [2.05, 4.69) is 0 Å². The third-order valence-corrected chi connectivity index (χ3v) is 5.06. The van der Waals surface area contributed by atoms with E-state index in [1.807, 2.05) is 30.3 Å². The number of benzene rings is 1. The minimum absolute atomic E-state index is 0.0138. The maximum atomic E-state index is 13.0. The van der Waals surface area contributed by atoms with Gasteiger partial charge in [0.2, 0.25) is 5.91 Å². The van der Waals surface area contributed by atoms with Crippen molar-refractivity contribution < 1.29 is 14.7 Å². The van der Waals surface area contributed by atoms with Gasteiger partial charge in [0.25, 0.3) is 0 Å². The Kier molecular flexibility index (Phi) is 4.46. The van der Waals surface area contributed by atoms with Crippen molar-refractivity contribution in [3.63, 3.8) is 0 Å². The number of likely N-dealkylation sites (tertiary alicyclic amines) is 1. The fourth-order valence-corrected chi connectivity index (χ4v) is 3.92. The van der Waals surface area contributed by atoms with Gasteiger partial charge in [-0.15, -0.1) is 0 Å². The van der Waals surface area contributed by atoms with Gasteiger partial charge in [-0.1, -0.05) is 49.6 Å². The summed E-state index contributed by atoms with van der Waals surface area (Å²) in [6.45, 7) is 0. The maximum absolute atomic E-state index is 13.0. The number of carboxylic acids is 1. The first kappa shape index (κ1) is 15.1. The van der Waals surface area contributed by atoms with Crippen molar-refractivity contribution in [2.75, 3.05) is 0 Å². The van der Waals surface area contributed by atoms with E-state index in [1.54, 1.807) is 4.90 Å². The quantitative estimate of drug-likeness (QED) is 0.931. The molecule has 118 valence electrons. The fourth-order valence-electron chi connectivity index (χ4n) is 3.92. The van der Waals surface area contributed by atoms with Crippen molar-refractivity contribution >= 4 is 11.9 Å². The highest BCUT2D eigenvalue weighted by Gasteiger charge is 2.43. The van der Waals surface area contributed by atoms with Crippen molar-refractivity contribution in [2.45, 2.75) is 57.0 Å². The largest absolute Gasteiger partial charge is 0.480 e. The topological polar surface area (TPSA) is 57.6 Å². The van der Waals surface area contributed by atoms with Gasteiger partial charge in [0.1, 0.15) is 6.04 Å². The van der Waals surface area contributed by atoms with E-state index < -0.39 is 12.0 Å². The maximum Gasteiger partial charge on any atom is 0.326 e. The number of rotatable bonds is 3. The molecule has 0 aromatic heterocycles. The average molecular weight is 301 g/mol. The number of nitrogens with zero attached hydrogens (tertiary/aromatic N) is 1. The molecule has 4 heteroatoms. The molecule has 2 atom stereocenters. The molecule has 22 heavy (non-hydrogen) atoms. The summed E-state index contributed by atoms with van der Waals surface area (Å²) >= 11 is 0. The van der Waals surface area contributed by atoms with Crippen molar-refractivity contribution in [3.8, 4) is 0 Å². The molecule has 0 spiro atoms. The van der Waals surface area contributed by atoms with E-state index >= 15 is 0 Å². The Morgan fingerprint density at radius 3 is 2.27 bits per heavy atom. The number of amides is 1. The number of carbonyl (C=O) groups is 2. The van der Waals surface area contributed by atoms with E-state index in [9.17, 15) is 14.7 Å². The Morgan fingerprint density at radius 2 is 1.64 bits per heavy atom. The summed E-state index contributed by atoms with van der Waals surface area (Å²) in [4.78, 5) is 26.2. The number of hydrogen-bond donors (Lipinski definition) is 1. The number of carbonyl (C=O) groups excluding carboxylic acids is 1. The molecule has 4 nitrogen and oxygen atoms in total. The molecule has 1 heterocycles. The molecule has 2 aliphatic rings. The Morgan fingerprint density at radius 1 is 0.955 bits per heavy atom. The number of aliphatic carboxylic acids is 1. The summed E-state index contributed by atoms with van der Waals surface area (Å²) < 4.78 is 0. The van der Waals surface area contributed by atoms with E-state index in [-0.39, 0.29) is 17.9 Å². The van der Waals surface area contributed by atoms with E-state index in [1.165, 1.54) is 6.42 Å². The lowest BCUT2D eigenvalue weighted by Crippen LogP contribution is -2.45. The van der Waals surface area contributed by atoms with Gasteiger partial charge in [-0.25, -0.2) is 4.79 Å². The van der Waals surface area contributed by atoms with Crippen LogP contribution in [-0.4, -0.2) is 27.9 Å². The molecule has 2 unspecified atom stereocenters. The summed E-state index contributed by atoms with van der Waals surface area (Å²) in [6.07, 6.45) is 6.45. The first-order valence-electron chi connectivity index (χ1n) is 8.28. The van der Waals surface area contributed by atoms with E-state index in [4.69, 9.17) is 0 Å². The zero-order chi connectivity index (χ0) is 15.5. The predicted octanol–water partition coefficient (Wildman–Crippen LogP) is 3.38. The summed E-state index contributed by atoms with van der Waals surface area (Å²) in [7, 11) is 0. The molecule has 3 rings (SSSR count). The third kappa shape index (κ3) is 2.87. The normalized spacial score (nSPS) is 26.1. The summed E-state index contributed by atoms with van der Waals surface area (Å²) in [5.74, 6) is -0.805. The SMILES string of the molecule is O=C(O)C1CCC(c2ccccc2)N1C(=O)C1CCCCC1. The molecule has 1 aliphatic heterocycles. The van der Waals surface area contributed by atoms with Crippen molar-refractivity contribution in [1.82, 2.24) is 4.90 Å².